The molecule has 2 aromatic carbocycles. The number of carbonyl (C=O) groups excluding carboxylic acids is 1. The lowest BCUT2D eigenvalue weighted by Crippen LogP contribution is -2.32. The molecule has 1 atom stereocenters. The van der Waals surface area contributed by atoms with Crippen LogP contribution < -0.4 is 9.47 Å². The topological polar surface area (TPSA) is 35.5 Å². The zero-order chi connectivity index (χ0) is 25.5. The molecular weight excluding hydrogens is 432 g/mol. The Balaban J connectivity index is 1.82. The van der Waals surface area contributed by atoms with E-state index in [9.17, 15) is 4.79 Å². The van der Waals surface area contributed by atoms with Gasteiger partial charge in [0, 0.05) is 5.41 Å². The van der Waals surface area contributed by atoms with Crippen LogP contribution >= 0.6 is 0 Å². The maximum absolute atomic E-state index is 12.9. The van der Waals surface area contributed by atoms with Crippen molar-refractivity contribution in [2.24, 2.45) is 5.41 Å². The Morgan fingerprint density at radius 3 is 1.77 bits per heavy atom. The highest BCUT2D eigenvalue weighted by molar-refractivity contribution is 5.78. The van der Waals surface area contributed by atoms with Crippen molar-refractivity contribution in [1.82, 2.24) is 0 Å². The van der Waals surface area contributed by atoms with Gasteiger partial charge in [-0.2, -0.15) is 0 Å². The van der Waals surface area contributed by atoms with Crippen LogP contribution in [-0.2, 0) is 10.2 Å². The fourth-order valence-electron chi connectivity index (χ4n) is 5.76. The molecule has 0 amide bonds. The molecule has 1 unspecified atom stereocenters. The molecule has 0 saturated heterocycles. The van der Waals surface area contributed by atoms with Gasteiger partial charge in [0.2, 0.25) is 0 Å². The second-order valence-corrected chi connectivity index (χ2v) is 11.4. The van der Waals surface area contributed by atoms with Crippen molar-refractivity contribution in [3.05, 3.63) is 59.7 Å². The summed E-state index contributed by atoms with van der Waals surface area (Å²) in [6.07, 6.45) is 10.8. The Morgan fingerprint density at radius 1 is 0.771 bits per heavy atom. The van der Waals surface area contributed by atoms with E-state index in [1.54, 1.807) is 0 Å². The van der Waals surface area contributed by atoms with Crippen molar-refractivity contribution < 1.29 is 14.3 Å². The molecule has 1 fully saturated rings. The summed E-state index contributed by atoms with van der Waals surface area (Å²) in [6, 6.07) is 17.1. The van der Waals surface area contributed by atoms with Crippen LogP contribution in [0.1, 0.15) is 117 Å². The van der Waals surface area contributed by atoms with Crippen molar-refractivity contribution >= 4 is 5.97 Å². The molecule has 0 aromatic heterocycles. The minimum atomic E-state index is -0.423. The predicted molar refractivity (Wildman–Crippen MR) is 145 cm³/mol. The smallest absolute Gasteiger partial charge is 0.317 e. The first-order chi connectivity index (χ1) is 16.7. The van der Waals surface area contributed by atoms with E-state index in [1.165, 1.54) is 30.4 Å². The fraction of sp³-hybridized carbons (Fsp3) is 0.594. The molecule has 3 nitrogen and oxygen atoms in total. The average Bonchev–Trinajstić information content (AvgIpc) is 2.85. The quantitative estimate of drug-likeness (QED) is 0.239. The fourth-order valence-corrected chi connectivity index (χ4v) is 5.76. The molecule has 3 rings (SSSR count). The number of esters is 1. The van der Waals surface area contributed by atoms with Gasteiger partial charge >= 0.3 is 5.97 Å². The van der Waals surface area contributed by atoms with Gasteiger partial charge in [0.25, 0.3) is 0 Å². The second kappa shape index (κ2) is 11.6. The first kappa shape index (κ1) is 27.3. The third-order valence-corrected chi connectivity index (χ3v) is 8.05. The van der Waals surface area contributed by atoms with Crippen LogP contribution in [0.2, 0.25) is 0 Å². The molecule has 0 aliphatic heterocycles. The van der Waals surface area contributed by atoms with Crippen molar-refractivity contribution in [1.29, 1.82) is 0 Å². The first-order valence-electron chi connectivity index (χ1n) is 13.8. The molecular formula is C32H46O3. The molecule has 0 heterocycles. The van der Waals surface area contributed by atoms with Crippen molar-refractivity contribution in [3.8, 4) is 11.5 Å². The van der Waals surface area contributed by atoms with Crippen molar-refractivity contribution in [3.63, 3.8) is 0 Å². The monoisotopic (exact) mass is 478 g/mol. The van der Waals surface area contributed by atoms with Gasteiger partial charge in [0.05, 0.1) is 5.41 Å². The summed E-state index contributed by atoms with van der Waals surface area (Å²) >= 11 is 0. The zero-order valence-electron chi connectivity index (χ0n) is 22.9. The SMILES string of the molecule is CCCC(C)(C)Oc1ccc(C2(c3ccc(OC(=O)C(C)(CC)CCC)cc3)CCCCC2)cc1. The van der Waals surface area contributed by atoms with Crippen LogP contribution in [0, 0.1) is 5.41 Å². The van der Waals surface area contributed by atoms with E-state index in [1.807, 2.05) is 19.1 Å². The molecule has 1 aliphatic carbocycles. The Morgan fingerprint density at radius 2 is 1.29 bits per heavy atom. The first-order valence-corrected chi connectivity index (χ1v) is 13.8. The molecule has 0 spiro atoms. The summed E-state index contributed by atoms with van der Waals surface area (Å²) < 4.78 is 12.1. The Hall–Kier alpha value is -2.29. The minimum absolute atomic E-state index is 0.00159. The van der Waals surface area contributed by atoms with Gasteiger partial charge in [0.15, 0.2) is 0 Å². The lowest BCUT2D eigenvalue weighted by Gasteiger charge is -2.39. The minimum Gasteiger partial charge on any atom is -0.488 e. The molecule has 1 aliphatic rings. The second-order valence-electron chi connectivity index (χ2n) is 11.4. The van der Waals surface area contributed by atoms with Gasteiger partial charge in [0.1, 0.15) is 17.1 Å². The summed E-state index contributed by atoms with van der Waals surface area (Å²) in [6.45, 7) is 12.7. The van der Waals surface area contributed by atoms with Gasteiger partial charge in [-0.05, 0) is 88.3 Å². The van der Waals surface area contributed by atoms with E-state index in [-0.39, 0.29) is 17.0 Å². The third-order valence-electron chi connectivity index (χ3n) is 8.05. The number of hydrogen-bond donors (Lipinski definition) is 0. The molecule has 0 radical (unpaired) electrons. The number of benzene rings is 2. The number of rotatable bonds is 11. The molecule has 3 heteroatoms. The predicted octanol–water partition coefficient (Wildman–Crippen LogP) is 9.02. The number of hydrogen-bond acceptors (Lipinski definition) is 3. The molecule has 35 heavy (non-hydrogen) atoms. The van der Waals surface area contributed by atoms with Crippen LogP contribution in [0.4, 0.5) is 0 Å². The van der Waals surface area contributed by atoms with Crippen LogP contribution in [0.15, 0.2) is 48.5 Å². The lowest BCUT2D eigenvalue weighted by atomic mass is 9.65. The maximum atomic E-state index is 12.9. The summed E-state index contributed by atoms with van der Waals surface area (Å²) in [7, 11) is 0. The third kappa shape index (κ3) is 6.48. The van der Waals surface area contributed by atoms with Gasteiger partial charge in [-0.1, -0.05) is 77.1 Å². The van der Waals surface area contributed by atoms with Crippen LogP contribution in [0.25, 0.3) is 0 Å². The Bertz CT molecular complexity index is 936. The zero-order valence-corrected chi connectivity index (χ0v) is 22.9. The van der Waals surface area contributed by atoms with E-state index < -0.39 is 5.41 Å². The van der Waals surface area contributed by atoms with Gasteiger partial charge in [-0.3, -0.25) is 4.79 Å². The molecule has 0 N–H and O–H groups in total. The van der Waals surface area contributed by atoms with Crippen molar-refractivity contribution in [2.45, 2.75) is 117 Å². The lowest BCUT2D eigenvalue weighted by molar-refractivity contribution is -0.145. The van der Waals surface area contributed by atoms with Crippen LogP contribution in [-0.4, -0.2) is 11.6 Å². The summed E-state index contributed by atoms with van der Waals surface area (Å²) in [4.78, 5) is 12.9. The van der Waals surface area contributed by atoms with E-state index in [4.69, 9.17) is 9.47 Å². The Labute approximate surface area is 213 Å². The van der Waals surface area contributed by atoms with E-state index in [0.717, 1.165) is 50.7 Å². The summed E-state index contributed by atoms with van der Waals surface area (Å²) in [5.74, 6) is 1.46. The highest BCUT2D eigenvalue weighted by Gasteiger charge is 2.36. The van der Waals surface area contributed by atoms with Gasteiger partial charge < -0.3 is 9.47 Å². The number of carbonyl (C=O) groups is 1. The maximum Gasteiger partial charge on any atom is 0.317 e. The highest BCUT2D eigenvalue weighted by atomic mass is 16.5. The molecule has 2 aromatic rings. The summed E-state index contributed by atoms with van der Waals surface area (Å²) in [5, 5.41) is 0. The van der Waals surface area contributed by atoms with Gasteiger partial charge in [-0.25, -0.2) is 0 Å². The van der Waals surface area contributed by atoms with E-state index in [0.29, 0.717) is 5.75 Å². The standard InChI is InChI=1S/C32H46O3/c1-7-21-30(4,5)35-28-19-15-26(16-20-28)32(23-11-10-12-24-32)25-13-17-27(18-14-25)34-29(33)31(6,9-3)22-8-2/h13-20H,7-12,21-24H2,1-6H3. The average molecular weight is 479 g/mol. The normalized spacial score (nSPS) is 17.4. The molecule has 192 valence electrons. The number of ether oxygens (including phenoxy) is 2. The van der Waals surface area contributed by atoms with Crippen LogP contribution in [0.3, 0.4) is 0 Å². The highest BCUT2D eigenvalue weighted by Crippen LogP contribution is 2.45. The summed E-state index contributed by atoms with van der Waals surface area (Å²) in [5.41, 5.74) is 2.08. The Kier molecular flexibility index (Phi) is 9.07. The van der Waals surface area contributed by atoms with Crippen LogP contribution in [0.5, 0.6) is 11.5 Å². The largest absolute Gasteiger partial charge is 0.488 e. The van der Waals surface area contributed by atoms with E-state index >= 15 is 0 Å². The molecule has 1 saturated carbocycles. The molecule has 0 bridgehead atoms. The van der Waals surface area contributed by atoms with Gasteiger partial charge in [-0.15, -0.1) is 0 Å². The van der Waals surface area contributed by atoms with Crippen molar-refractivity contribution in [2.75, 3.05) is 0 Å². The van der Waals surface area contributed by atoms with E-state index in [2.05, 4.69) is 71.0 Å².